The molecular weight excluding hydrogens is 336 g/mol. The zero-order valence-corrected chi connectivity index (χ0v) is 15.6. The Bertz CT molecular complexity index is 813. The van der Waals surface area contributed by atoms with Crippen molar-refractivity contribution in [2.75, 3.05) is 0 Å². The second kappa shape index (κ2) is 8.27. The van der Waals surface area contributed by atoms with Crippen LogP contribution in [0, 0.1) is 6.92 Å². The second-order valence-electron chi connectivity index (χ2n) is 6.12. The topological polar surface area (TPSA) is 75.3 Å². The van der Waals surface area contributed by atoms with E-state index in [1.807, 2.05) is 45.0 Å². The molecule has 0 radical (unpaired) electrons. The molecule has 0 aromatic heterocycles. The van der Waals surface area contributed by atoms with Crippen LogP contribution in [0.5, 0.6) is 0 Å². The second-order valence-corrected chi connectivity index (χ2v) is 7.84. The minimum absolute atomic E-state index is 0.137. The van der Waals surface area contributed by atoms with E-state index in [1.165, 1.54) is 24.3 Å². The molecular formula is C19H24N2O3S. The summed E-state index contributed by atoms with van der Waals surface area (Å²) in [5, 5.41) is 2.83. The molecule has 0 spiro atoms. The Labute approximate surface area is 149 Å². The van der Waals surface area contributed by atoms with E-state index < -0.39 is 10.0 Å². The average Bonchev–Trinajstić information content (AvgIpc) is 2.60. The summed E-state index contributed by atoms with van der Waals surface area (Å²) in [6, 6.07) is 13.7. The molecule has 1 unspecified atom stereocenters. The maximum absolute atomic E-state index is 12.2. The molecule has 0 aliphatic rings. The van der Waals surface area contributed by atoms with Gasteiger partial charge in [0.1, 0.15) is 0 Å². The first kappa shape index (κ1) is 19.1. The molecule has 1 amide bonds. The molecule has 5 nitrogen and oxygen atoms in total. The summed E-state index contributed by atoms with van der Waals surface area (Å²) in [6.07, 6.45) is 0.707. The molecule has 0 saturated heterocycles. The summed E-state index contributed by atoms with van der Waals surface area (Å²) in [5.74, 6) is -0.237. The monoisotopic (exact) mass is 360 g/mol. The van der Waals surface area contributed by atoms with Crippen LogP contribution in [-0.2, 0) is 16.6 Å². The molecule has 0 heterocycles. The lowest BCUT2D eigenvalue weighted by Crippen LogP contribution is -2.32. The molecule has 25 heavy (non-hydrogen) atoms. The average molecular weight is 360 g/mol. The van der Waals surface area contributed by atoms with Crippen molar-refractivity contribution < 1.29 is 13.2 Å². The Morgan fingerprint density at radius 2 is 1.64 bits per heavy atom. The van der Waals surface area contributed by atoms with Crippen molar-refractivity contribution in [2.45, 2.75) is 44.7 Å². The van der Waals surface area contributed by atoms with Gasteiger partial charge in [-0.25, -0.2) is 13.1 Å². The molecule has 134 valence electrons. The number of carbonyl (C=O) groups is 1. The van der Waals surface area contributed by atoms with Gasteiger partial charge >= 0.3 is 0 Å². The Hall–Kier alpha value is -2.18. The number of sulfonamides is 1. The number of carbonyl (C=O) groups excluding carboxylic acids is 1. The van der Waals surface area contributed by atoms with E-state index in [9.17, 15) is 13.2 Å². The van der Waals surface area contributed by atoms with Gasteiger partial charge in [-0.3, -0.25) is 4.79 Å². The summed E-state index contributed by atoms with van der Waals surface area (Å²) < 4.78 is 27.0. The van der Waals surface area contributed by atoms with Crippen LogP contribution in [0.1, 0.15) is 41.8 Å². The predicted molar refractivity (Wildman–Crippen MR) is 98.9 cm³/mol. The summed E-state index contributed by atoms with van der Waals surface area (Å²) in [7, 11) is -3.56. The number of hydrogen-bond acceptors (Lipinski definition) is 3. The van der Waals surface area contributed by atoms with Crippen LogP contribution < -0.4 is 10.0 Å². The van der Waals surface area contributed by atoms with Crippen LogP contribution in [0.2, 0.25) is 0 Å². The van der Waals surface area contributed by atoms with Crippen molar-refractivity contribution in [1.29, 1.82) is 0 Å². The highest BCUT2D eigenvalue weighted by molar-refractivity contribution is 7.89. The Balaban J connectivity index is 2.01. The number of hydrogen-bond donors (Lipinski definition) is 2. The zero-order valence-electron chi connectivity index (χ0n) is 14.7. The van der Waals surface area contributed by atoms with Crippen molar-refractivity contribution in [3.05, 3.63) is 65.2 Å². The van der Waals surface area contributed by atoms with Gasteiger partial charge in [0, 0.05) is 18.2 Å². The van der Waals surface area contributed by atoms with Crippen LogP contribution in [0.3, 0.4) is 0 Å². The van der Waals surface area contributed by atoms with Crippen LogP contribution in [0.4, 0.5) is 0 Å². The molecule has 0 aliphatic carbocycles. The third kappa shape index (κ3) is 5.41. The minimum atomic E-state index is -3.56. The van der Waals surface area contributed by atoms with Gasteiger partial charge in [-0.15, -0.1) is 0 Å². The largest absolute Gasteiger partial charge is 0.348 e. The molecule has 6 heteroatoms. The first-order valence-corrected chi connectivity index (χ1v) is 9.76. The fourth-order valence-electron chi connectivity index (χ4n) is 2.19. The van der Waals surface area contributed by atoms with Crippen LogP contribution in [-0.4, -0.2) is 20.4 Å². The van der Waals surface area contributed by atoms with Gasteiger partial charge in [0.25, 0.3) is 5.91 Å². The lowest BCUT2D eigenvalue weighted by molar-refractivity contribution is 0.0951. The third-order valence-electron chi connectivity index (χ3n) is 3.97. The van der Waals surface area contributed by atoms with Crippen molar-refractivity contribution in [3.63, 3.8) is 0 Å². The maximum Gasteiger partial charge on any atom is 0.251 e. The number of rotatable bonds is 7. The van der Waals surface area contributed by atoms with Crippen LogP contribution >= 0.6 is 0 Å². The van der Waals surface area contributed by atoms with Crippen molar-refractivity contribution in [1.82, 2.24) is 10.0 Å². The van der Waals surface area contributed by atoms with Crippen LogP contribution in [0.15, 0.2) is 53.4 Å². The lowest BCUT2D eigenvalue weighted by atomic mass is 10.1. The summed E-state index contributed by atoms with van der Waals surface area (Å²) in [6.45, 7) is 6.15. The summed E-state index contributed by atoms with van der Waals surface area (Å²) in [5.41, 5.74) is 2.60. The van der Waals surface area contributed by atoms with E-state index in [2.05, 4.69) is 10.0 Å². The molecule has 2 rings (SSSR count). The van der Waals surface area contributed by atoms with E-state index in [1.54, 1.807) is 0 Å². The molecule has 0 fully saturated rings. The predicted octanol–water partition coefficient (Wildman–Crippen LogP) is 3.00. The molecule has 2 N–H and O–H groups in total. The van der Waals surface area contributed by atoms with E-state index >= 15 is 0 Å². The van der Waals surface area contributed by atoms with E-state index in [0.717, 1.165) is 11.1 Å². The highest BCUT2D eigenvalue weighted by Crippen LogP contribution is 2.12. The molecule has 2 aromatic carbocycles. The molecule has 0 aliphatic heterocycles. The molecule has 1 atom stereocenters. The molecule has 0 bridgehead atoms. The Kier molecular flexibility index (Phi) is 6.33. The van der Waals surface area contributed by atoms with E-state index in [-0.39, 0.29) is 16.8 Å². The van der Waals surface area contributed by atoms with Crippen molar-refractivity contribution in [2.24, 2.45) is 0 Å². The third-order valence-corrected chi connectivity index (χ3v) is 5.57. The number of amides is 1. The highest BCUT2D eigenvalue weighted by atomic mass is 32.2. The van der Waals surface area contributed by atoms with Gasteiger partial charge in [-0.1, -0.05) is 36.8 Å². The normalized spacial score (nSPS) is 12.6. The Morgan fingerprint density at radius 1 is 1.04 bits per heavy atom. The molecule has 0 saturated carbocycles. The maximum atomic E-state index is 12.2. The van der Waals surface area contributed by atoms with E-state index in [4.69, 9.17) is 0 Å². The van der Waals surface area contributed by atoms with Gasteiger partial charge in [0.05, 0.1) is 4.90 Å². The summed E-state index contributed by atoms with van der Waals surface area (Å²) in [4.78, 5) is 12.3. The number of nitrogens with one attached hydrogen (secondary N) is 2. The van der Waals surface area contributed by atoms with Crippen molar-refractivity contribution >= 4 is 15.9 Å². The van der Waals surface area contributed by atoms with Gasteiger partial charge in [0.2, 0.25) is 10.0 Å². The lowest BCUT2D eigenvalue weighted by Gasteiger charge is -2.12. The van der Waals surface area contributed by atoms with Gasteiger partial charge in [-0.2, -0.15) is 0 Å². The van der Waals surface area contributed by atoms with Gasteiger partial charge in [0.15, 0.2) is 0 Å². The number of benzene rings is 2. The standard InChI is InChI=1S/C19H24N2O3S/c1-4-15(3)21-25(23,24)18-11-9-17(10-12-18)19(22)20-13-16-7-5-14(2)6-8-16/h5-12,15,21H,4,13H2,1-3H3,(H,20,22). The molecule has 2 aromatic rings. The smallest absolute Gasteiger partial charge is 0.251 e. The first-order chi connectivity index (χ1) is 11.8. The highest BCUT2D eigenvalue weighted by Gasteiger charge is 2.17. The fraction of sp³-hybridized carbons (Fsp3) is 0.316. The number of aryl methyl sites for hydroxylation is 1. The minimum Gasteiger partial charge on any atom is -0.348 e. The quantitative estimate of drug-likeness (QED) is 0.797. The van der Waals surface area contributed by atoms with Crippen LogP contribution in [0.25, 0.3) is 0 Å². The zero-order chi connectivity index (χ0) is 18.4. The van der Waals surface area contributed by atoms with E-state index in [0.29, 0.717) is 18.5 Å². The SMILES string of the molecule is CCC(C)NS(=O)(=O)c1ccc(C(=O)NCc2ccc(C)cc2)cc1. The Morgan fingerprint density at radius 3 is 2.20 bits per heavy atom. The first-order valence-electron chi connectivity index (χ1n) is 8.28. The van der Waals surface area contributed by atoms with Crippen molar-refractivity contribution in [3.8, 4) is 0 Å². The van der Waals surface area contributed by atoms with Gasteiger partial charge in [-0.05, 0) is 50.1 Å². The summed E-state index contributed by atoms with van der Waals surface area (Å²) >= 11 is 0. The van der Waals surface area contributed by atoms with Gasteiger partial charge < -0.3 is 5.32 Å². The fourth-order valence-corrected chi connectivity index (χ4v) is 3.52.